The van der Waals surface area contributed by atoms with Gasteiger partial charge in [0.1, 0.15) is 12.1 Å². The fourth-order valence-electron chi connectivity index (χ4n) is 5.52. The Hall–Kier alpha value is -4.66. The molecule has 37 heavy (non-hydrogen) atoms. The smallest absolute Gasteiger partial charge is 0.317 e. The van der Waals surface area contributed by atoms with E-state index in [1.165, 1.54) is 40.3 Å². The number of nitrogens with one attached hydrogen (secondary N) is 1. The number of pyridine rings is 1. The molecule has 0 aliphatic carbocycles. The number of urea groups is 2. The number of nitrogens with zero attached hydrogens (tertiary/aromatic N) is 5. The fraction of sp³-hybridized carbons (Fsp3) is 0.240. The van der Waals surface area contributed by atoms with E-state index in [0.717, 1.165) is 17.0 Å². The Morgan fingerprint density at radius 2 is 1.95 bits per heavy atom. The number of hydrogen-bond donors (Lipinski definition) is 1. The standard InChI is InChI=1S/C25H17F3N6O3/c26-25(27,28)14-3-1-4-15(9-14)31-23(36)32-12-16-10-19(32)21-22(35)34(24(37)33(16)21)18-7-6-13(11-29)20-17(18)5-2-8-30-20/h1-9,16,19,21H,10,12H2,(H,31,36)/t16-,19?,21-/m1/s1. The monoisotopic (exact) mass is 506 g/mol. The number of alkyl halides is 3. The van der Waals surface area contributed by atoms with Crippen LogP contribution in [0, 0.1) is 11.3 Å². The Morgan fingerprint density at radius 3 is 2.70 bits per heavy atom. The quantitative estimate of drug-likeness (QED) is 0.530. The van der Waals surface area contributed by atoms with Gasteiger partial charge in [-0.05, 0) is 48.9 Å². The molecule has 9 nitrogen and oxygen atoms in total. The van der Waals surface area contributed by atoms with Gasteiger partial charge in [-0.1, -0.05) is 6.07 Å². The first-order chi connectivity index (χ1) is 17.7. The minimum Gasteiger partial charge on any atom is -0.317 e. The van der Waals surface area contributed by atoms with E-state index < -0.39 is 47.8 Å². The summed E-state index contributed by atoms with van der Waals surface area (Å²) in [4.78, 5) is 48.1. The number of hydrogen-bond acceptors (Lipinski definition) is 5. The average Bonchev–Trinajstić information content (AvgIpc) is 3.54. The van der Waals surface area contributed by atoms with Crippen LogP contribution in [0.4, 0.5) is 34.1 Å². The third kappa shape index (κ3) is 3.38. The Balaban J connectivity index is 1.28. The van der Waals surface area contributed by atoms with Gasteiger partial charge in [0.05, 0.1) is 34.4 Å². The van der Waals surface area contributed by atoms with Gasteiger partial charge in [-0.25, -0.2) is 14.5 Å². The predicted octanol–water partition coefficient (Wildman–Crippen LogP) is 3.95. The van der Waals surface area contributed by atoms with Crippen LogP contribution in [0.3, 0.4) is 0 Å². The van der Waals surface area contributed by atoms with Crippen LogP contribution in [-0.2, 0) is 11.0 Å². The lowest BCUT2D eigenvalue weighted by Crippen LogP contribution is -2.55. The van der Waals surface area contributed by atoms with Crippen LogP contribution in [0.25, 0.3) is 10.9 Å². The van der Waals surface area contributed by atoms with Crippen molar-refractivity contribution in [2.24, 2.45) is 0 Å². The number of carbonyl (C=O) groups excluding carboxylic acids is 3. The Bertz CT molecular complexity index is 1530. The number of rotatable bonds is 2. The number of aromatic nitrogens is 1. The zero-order valence-corrected chi connectivity index (χ0v) is 18.9. The second-order valence-electron chi connectivity index (χ2n) is 9.07. The second kappa shape index (κ2) is 7.92. The van der Waals surface area contributed by atoms with Gasteiger partial charge in [-0.2, -0.15) is 18.4 Å². The van der Waals surface area contributed by atoms with Crippen molar-refractivity contribution in [2.75, 3.05) is 16.8 Å². The summed E-state index contributed by atoms with van der Waals surface area (Å²) in [5.74, 6) is -0.510. The van der Waals surface area contributed by atoms with Crippen molar-refractivity contribution in [2.45, 2.75) is 30.7 Å². The van der Waals surface area contributed by atoms with Gasteiger partial charge < -0.3 is 15.1 Å². The number of imide groups is 1. The summed E-state index contributed by atoms with van der Waals surface area (Å²) in [6.45, 7) is 0.147. The van der Waals surface area contributed by atoms with E-state index in [9.17, 15) is 32.8 Å². The number of amides is 5. The van der Waals surface area contributed by atoms with Gasteiger partial charge in [0, 0.05) is 23.8 Å². The van der Waals surface area contributed by atoms with E-state index in [-0.39, 0.29) is 12.2 Å². The van der Waals surface area contributed by atoms with Crippen LogP contribution in [0.1, 0.15) is 17.5 Å². The Labute approximate surface area is 207 Å². The number of nitriles is 1. The van der Waals surface area contributed by atoms with E-state index >= 15 is 0 Å². The lowest BCUT2D eigenvalue weighted by molar-refractivity contribution is -0.137. The molecule has 3 atom stereocenters. The number of fused-ring (bicyclic) bond motifs is 6. The van der Waals surface area contributed by atoms with E-state index in [2.05, 4.69) is 10.3 Å². The number of likely N-dealkylation sites (tertiary alicyclic amines) is 1. The maximum absolute atomic E-state index is 13.6. The van der Waals surface area contributed by atoms with E-state index in [1.807, 2.05) is 6.07 Å². The van der Waals surface area contributed by atoms with Crippen LogP contribution < -0.4 is 10.2 Å². The first-order valence-electron chi connectivity index (χ1n) is 11.4. The molecule has 6 rings (SSSR count). The minimum atomic E-state index is -4.56. The third-order valence-electron chi connectivity index (χ3n) is 7.07. The molecule has 5 amide bonds. The van der Waals surface area contributed by atoms with Crippen LogP contribution in [0.5, 0.6) is 0 Å². The molecule has 3 aromatic rings. The largest absolute Gasteiger partial charge is 0.416 e. The molecule has 0 saturated carbocycles. The molecule has 3 aliphatic heterocycles. The number of piperazine rings is 1. The first kappa shape index (κ1) is 22.8. The van der Waals surface area contributed by atoms with Gasteiger partial charge in [0.25, 0.3) is 5.91 Å². The maximum atomic E-state index is 13.6. The van der Waals surface area contributed by atoms with Gasteiger partial charge >= 0.3 is 18.2 Å². The van der Waals surface area contributed by atoms with Gasteiger partial charge in [0.15, 0.2) is 0 Å². The highest BCUT2D eigenvalue weighted by atomic mass is 19.4. The molecule has 1 aromatic heterocycles. The van der Waals surface area contributed by atoms with Crippen molar-refractivity contribution in [1.29, 1.82) is 5.26 Å². The molecule has 1 unspecified atom stereocenters. The van der Waals surface area contributed by atoms with Crippen molar-refractivity contribution in [3.8, 4) is 6.07 Å². The highest BCUT2D eigenvalue weighted by molar-refractivity contribution is 6.25. The Kier molecular flexibility index (Phi) is 4.88. The fourth-order valence-corrected chi connectivity index (χ4v) is 5.52. The molecule has 186 valence electrons. The van der Waals surface area contributed by atoms with Gasteiger partial charge in [-0.15, -0.1) is 0 Å². The molecular weight excluding hydrogens is 489 g/mol. The summed E-state index contributed by atoms with van der Waals surface area (Å²) in [6.07, 6.45) is -2.65. The molecule has 0 radical (unpaired) electrons. The second-order valence-corrected chi connectivity index (χ2v) is 9.07. The zero-order valence-electron chi connectivity index (χ0n) is 18.9. The van der Waals surface area contributed by atoms with E-state index in [1.54, 1.807) is 12.1 Å². The summed E-state index contributed by atoms with van der Waals surface area (Å²) >= 11 is 0. The molecule has 3 saturated heterocycles. The topological polar surface area (TPSA) is 110 Å². The van der Waals surface area contributed by atoms with E-state index in [4.69, 9.17) is 0 Å². The lowest BCUT2D eigenvalue weighted by Gasteiger charge is -2.34. The predicted molar refractivity (Wildman–Crippen MR) is 124 cm³/mol. The summed E-state index contributed by atoms with van der Waals surface area (Å²) in [5.41, 5.74) is 0.0461. The number of carbonyl (C=O) groups is 3. The summed E-state index contributed by atoms with van der Waals surface area (Å²) in [5, 5.41) is 12.4. The molecule has 2 bridgehead atoms. The third-order valence-corrected chi connectivity index (χ3v) is 7.07. The SMILES string of the molecule is N#Cc1ccc(N2C(=O)[C@H]3C4C[C@H](CN4C(=O)Nc4cccc(C(F)(F)F)c4)N3C2=O)c2cccnc12. The van der Waals surface area contributed by atoms with Crippen LogP contribution >= 0.6 is 0 Å². The Morgan fingerprint density at radius 1 is 1.14 bits per heavy atom. The summed E-state index contributed by atoms with van der Waals surface area (Å²) in [7, 11) is 0. The molecule has 1 N–H and O–H groups in total. The number of anilines is 2. The minimum absolute atomic E-state index is 0.0218. The van der Waals surface area contributed by atoms with E-state index in [0.29, 0.717) is 28.6 Å². The average molecular weight is 506 g/mol. The van der Waals surface area contributed by atoms with Gasteiger partial charge in [-0.3, -0.25) is 9.78 Å². The summed E-state index contributed by atoms with van der Waals surface area (Å²) in [6, 6.07) is 9.58. The zero-order chi connectivity index (χ0) is 26.1. The number of halogens is 3. The van der Waals surface area contributed by atoms with Crippen LogP contribution in [0.15, 0.2) is 54.7 Å². The maximum Gasteiger partial charge on any atom is 0.416 e. The van der Waals surface area contributed by atoms with Gasteiger partial charge in [0.2, 0.25) is 0 Å². The van der Waals surface area contributed by atoms with Crippen molar-refractivity contribution < 1.29 is 27.6 Å². The van der Waals surface area contributed by atoms with Crippen molar-refractivity contribution in [3.05, 3.63) is 65.9 Å². The normalized spacial score (nSPS) is 22.5. The molecule has 2 aromatic carbocycles. The highest BCUT2D eigenvalue weighted by Crippen LogP contribution is 2.44. The molecule has 3 aliphatic rings. The molecule has 12 heteroatoms. The van der Waals surface area contributed by atoms with Crippen molar-refractivity contribution >= 4 is 40.2 Å². The first-order valence-corrected chi connectivity index (χ1v) is 11.4. The van der Waals surface area contributed by atoms with Crippen molar-refractivity contribution in [3.63, 3.8) is 0 Å². The lowest BCUT2D eigenvalue weighted by atomic mass is 10.1. The summed E-state index contributed by atoms with van der Waals surface area (Å²) < 4.78 is 39.1. The van der Waals surface area contributed by atoms with Crippen molar-refractivity contribution in [1.82, 2.24) is 14.8 Å². The molecule has 3 fully saturated rings. The van der Waals surface area contributed by atoms with Crippen LogP contribution in [0.2, 0.25) is 0 Å². The molecule has 4 heterocycles. The van der Waals surface area contributed by atoms with Crippen LogP contribution in [-0.4, -0.2) is 57.4 Å². The highest BCUT2D eigenvalue weighted by Gasteiger charge is 2.63. The number of benzene rings is 2. The molecular formula is C25H17F3N6O3. The molecule has 0 spiro atoms.